The Morgan fingerprint density at radius 2 is 2.04 bits per heavy atom. The Balaban J connectivity index is 2.11. The Kier molecular flexibility index (Phi) is 4.74. The van der Waals surface area contributed by atoms with Gasteiger partial charge in [0, 0.05) is 6.20 Å². The van der Waals surface area contributed by atoms with Gasteiger partial charge >= 0.3 is 6.18 Å². The fourth-order valence-electron chi connectivity index (χ4n) is 1.97. The molecule has 0 fully saturated rings. The van der Waals surface area contributed by atoms with Crippen LogP contribution in [0.2, 0.25) is 0 Å². The number of halogens is 3. The second-order valence-electron chi connectivity index (χ2n) is 5.04. The van der Waals surface area contributed by atoms with Crippen LogP contribution in [0.3, 0.4) is 0 Å². The lowest BCUT2D eigenvalue weighted by Crippen LogP contribution is -2.46. The molecule has 8 heteroatoms. The van der Waals surface area contributed by atoms with E-state index in [1.165, 1.54) is 19.2 Å². The van der Waals surface area contributed by atoms with E-state index >= 15 is 0 Å². The van der Waals surface area contributed by atoms with Gasteiger partial charge in [-0.05, 0) is 31.2 Å². The van der Waals surface area contributed by atoms with Gasteiger partial charge in [-0.2, -0.15) is 13.2 Å². The van der Waals surface area contributed by atoms with Crippen LogP contribution in [0.1, 0.15) is 23.6 Å². The van der Waals surface area contributed by atoms with Crippen molar-refractivity contribution in [2.75, 3.05) is 0 Å². The molecular formula is C15H15F3N2O3. The van der Waals surface area contributed by atoms with Crippen molar-refractivity contribution >= 4 is 5.91 Å². The number of nitrogens with zero attached hydrogens (tertiary/aromatic N) is 1. The highest BCUT2D eigenvalue weighted by molar-refractivity contribution is 5.77. The lowest BCUT2D eigenvalue weighted by atomic mass is 9.95. The van der Waals surface area contributed by atoms with Gasteiger partial charge in [0.2, 0.25) is 11.5 Å². The number of nitrogens with one attached hydrogen (secondary N) is 1. The van der Waals surface area contributed by atoms with Crippen molar-refractivity contribution in [1.29, 1.82) is 0 Å². The molecule has 124 valence electrons. The Labute approximate surface area is 130 Å². The predicted molar refractivity (Wildman–Crippen MR) is 74.1 cm³/mol. The highest BCUT2D eigenvalue weighted by Gasteiger charge is 2.58. The van der Waals surface area contributed by atoms with Gasteiger partial charge in [-0.25, -0.2) is 0 Å². The molecule has 0 bridgehead atoms. The highest BCUT2D eigenvalue weighted by atomic mass is 19.4. The zero-order chi connectivity index (χ0) is 17.1. The number of rotatable bonds is 5. The number of amides is 1. The maximum atomic E-state index is 13.2. The summed E-state index contributed by atoms with van der Waals surface area (Å²) in [6.07, 6.45) is -4.75. The molecule has 0 aliphatic heterocycles. The summed E-state index contributed by atoms with van der Waals surface area (Å²) >= 11 is 0. The van der Waals surface area contributed by atoms with Crippen LogP contribution in [-0.2, 0) is 16.9 Å². The summed E-state index contributed by atoms with van der Waals surface area (Å²) in [5.74, 6) is -1.48. The summed E-state index contributed by atoms with van der Waals surface area (Å²) < 4.78 is 44.5. The van der Waals surface area contributed by atoms with E-state index in [1.54, 1.807) is 18.2 Å². The first-order valence-electron chi connectivity index (χ1n) is 6.75. The molecule has 0 spiro atoms. The van der Waals surface area contributed by atoms with E-state index in [-0.39, 0.29) is 12.3 Å². The van der Waals surface area contributed by atoms with Crippen molar-refractivity contribution in [3.8, 4) is 0 Å². The normalized spacial score (nSPS) is 14.3. The molecule has 0 saturated carbocycles. The molecule has 1 unspecified atom stereocenters. The number of carbonyl (C=O) groups excluding carboxylic acids is 1. The lowest BCUT2D eigenvalue weighted by Gasteiger charge is -2.27. The number of aryl methyl sites for hydroxylation is 1. The summed E-state index contributed by atoms with van der Waals surface area (Å²) in [5, 5.41) is 12.3. The fourth-order valence-corrected chi connectivity index (χ4v) is 1.97. The van der Waals surface area contributed by atoms with Crippen molar-refractivity contribution in [3.63, 3.8) is 0 Å². The third kappa shape index (κ3) is 3.89. The third-order valence-corrected chi connectivity index (χ3v) is 3.23. The molecule has 0 aromatic carbocycles. The summed E-state index contributed by atoms with van der Waals surface area (Å²) in [5.41, 5.74) is -2.89. The van der Waals surface area contributed by atoms with Crippen LogP contribution in [0.4, 0.5) is 13.2 Å². The minimum atomic E-state index is -5.06. The van der Waals surface area contributed by atoms with Gasteiger partial charge in [-0.1, -0.05) is 6.07 Å². The highest BCUT2D eigenvalue weighted by Crippen LogP contribution is 2.42. The number of hydrogen-bond acceptors (Lipinski definition) is 4. The van der Waals surface area contributed by atoms with Crippen LogP contribution in [0.15, 0.2) is 40.9 Å². The fraction of sp³-hybridized carbons (Fsp3) is 0.333. The predicted octanol–water partition coefficient (Wildman–Crippen LogP) is 2.44. The van der Waals surface area contributed by atoms with Gasteiger partial charge in [0.1, 0.15) is 11.5 Å². The summed E-state index contributed by atoms with van der Waals surface area (Å²) in [6.45, 7) is 1.41. The summed E-state index contributed by atoms with van der Waals surface area (Å²) in [4.78, 5) is 15.8. The molecular weight excluding hydrogens is 313 g/mol. The molecule has 0 aliphatic carbocycles. The van der Waals surface area contributed by atoms with E-state index in [4.69, 9.17) is 4.42 Å². The number of hydrogen-bond donors (Lipinski definition) is 2. The Bertz CT molecular complexity index is 670. The first-order valence-corrected chi connectivity index (χ1v) is 6.75. The Morgan fingerprint density at radius 3 is 2.57 bits per heavy atom. The number of aromatic nitrogens is 1. The van der Waals surface area contributed by atoms with Crippen LogP contribution < -0.4 is 5.32 Å². The van der Waals surface area contributed by atoms with Crippen molar-refractivity contribution in [2.45, 2.75) is 31.7 Å². The zero-order valence-corrected chi connectivity index (χ0v) is 12.2. The number of carbonyl (C=O) groups is 1. The number of furan rings is 1. The van der Waals surface area contributed by atoms with Crippen molar-refractivity contribution < 1.29 is 27.5 Å². The van der Waals surface area contributed by atoms with E-state index in [9.17, 15) is 23.1 Å². The molecule has 2 aromatic rings. The first kappa shape index (κ1) is 17.0. The first-order chi connectivity index (χ1) is 10.7. The minimum Gasteiger partial charge on any atom is -0.463 e. The molecule has 23 heavy (non-hydrogen) atoms. The second-order valence-corrected chi connectivity index (χ2v) is 5.04. The van der Waals surface area contributed by atoms with E-state index in [2.05, 4.69) is 10.3 Å². The van der Waals surface area contributed by atoms with Crippen molar-refractivity contribution in [2.24, 2.45) is 0 Å². The molecule has 0 aliphatic rings. The minimum absolute atomic E-state index is 0.0369. The average molecular weight is 328 g/mol. The Morgan fingerprint density at radius 1 is 1.30 bits per heavy atom. The van der Waals surface area contributed by atoms with Crippen LogP contribution in [0.25, 0.3) is 0 Å². The quantitative estimate of drug-likeness (QED) is 0.884. The monoisotopic (exact) mass is 328 g/mol. The molecule has 2 heterocycles. The number of alkyl halides is 3. The number of aliphatic hydroxyl groups is 1. The van der Waals surface area contributed by atoms with Crippen LogP contribution in [0, 0.1) is 6.92 Å². The van der Waals surface area contributed by atoms with Crippen LogP contribution in [-0.4, -0.2) is 22.2 Å². The number of pyridine rings is 1. The lowest BCUT2D eigenvalue weighted by molar-refractivity contribution is -0.273. The van der Waals surface area contributed by atoms with Crippen LogP contribution >= 0.6 is 0 Å². The van der Waals surface area contributed by atoms with Gasteiger partial charge in [0.15, 0.2) is 0 Å². The molecule has 1 atom stereocenters. The molecule has 2 aromatic heterocycles. The average Bonchev–Trinajstić information content (AvgIpc) is 2.92. The van der Waals surface area contributed by atoms with Gasteiger partial charge in [0.25, 0.3) is 0 Å². The topological polar surface area (TPSA) is 75.4 Å². The van der Waals surface area contributed by atoms with E-state index < -0.39 is 29.9 Å². The SMILES string of the molecule is Cc1ccc(C(O)(CC(=O)NCc2ccccn2)C(F)(F)F)o1. The second kappa shape index (κ2) is 6.41. The summed E-state index contributed by atoms with van der Waals surface area (Å²) in [7, 11) is 0. The molecule has 0 saturated heterocycles. The van der Waals surface area contributed by atoms with Crippen molar-refractivity contribution in [3.05, 3.63) is 53.7 Å². The maximum absolute atomic E-state index is 13.2. The zero-order valence-electron chi connectivity index (χ0n) is 12.2. The van der Waals surface area contributed by atoms with E-state index in [0.29, 0.717) is 5.69 Å². The molecule has 2 N–H and O–H groups in total. The van der Waals surface area contributed by atoms with Crippen LogP contribution in [0.5, 0.6) is 0 Å². The van der Waals surface area contributed by atoms with E-state index in [0.717, 1.165) is 6.07 Å². The largest absolute Gasteiger partial charge is 0.463 e. The van der Waals surface area contributed by atoms with Crippen molar-refractivity contribution in [1.82, 2.24) is 10.3 Å². The standard InChI is InChI=1S/C15H15F3N2O3/c1-10-5-6-12(23-10)14(22,15(16,17)18)8-13(21)20-9-11-4-2-3-7-19-11/h2-7,22H,8-9H2,1H3,(H,20,21). The third-order valence-electron chi connectivity index (χ3n) is 3.23. The smallest absolute Gasteiger partial charge is 0.425 e. The van der Waals surface area contributed by atoms with Gasteiger partial charge < -0.3 is 14.8 Å². The van der Waals surface area contributed by atoms with Gasteiger partial charge in [0.05, 0.1) is 18.7 Å². The van der Waals surface area contributed by atoms with Gasteiger partial charge in [-0.15, -0.1) is 0 Å². The molecule has 0 radical (unpaired) electrons. The Hall–Kier alpha value is -2.35. The summed E-state index contributed by atoms with van der Waals surface area (Å²) in [6, 6.07) is 7.28. The molecule has 1 amide bonds. The molecule has 2 rings (SSSR count). The van der Waals surface area contributed by atoms with Gasteiger partial charge in [-0.3, -0.25) is 9.78 Å². The molecule has 5 nitrogen and oxygen atoms in total. The maximum Gasteiger partial charge on any atom is 0.425 e. The van der Waals surface area contributed by atoms with E-state index in [1.807, 2.05) is 0 Å².